The van der Waals surface area contributed by atoms with E-state index in [1.807, 2.05) is 13.8 Å². The number of rotatable bonds is 24. The maximum Gasteiger partial charge on any atom is 0.220 e. The molecular weight excluding hydrogens is 653 g/mol. The monoisotopic (exact) mass is 739 g/mol. The van der Waals surface area contributed by atoms with E-state index in [9.17, 15) is 14.7 Å². The van der Waals surface area contributed by atoms with Crippen LogP contribution in [0.1, 0.15) is 190 Å². The molecule has 4 aliphatic carbocycles. The first kappa shape index (κ1) is 45.9. The van der Waals surface area contributed by atoms with Crippen molar-refractivity contribution in [3.8, 4) is 0 Å². The summed E-state index contributed by atoms with van der Waals surface area (Å²) >= 11 is 0. The lowest BCUT2D eigenvalue weighted by Gasteiger charge is -2.58. The highest BCUT2D eigenvalue weighted by atomic mass is 16.3. The molecule has 0 heterocycles. The Bertz CT molecular complexity index is 1120. The lowest BCUT2D eigenvalue weighted by atomic mass is 9.47. The van der Waals surface area contributed by atoms with Gasteiger partial charge in [0.2, 0.25) is 5.91 Å². The van der Waals surface area contributed by atoms with Gasteiger partial charge in [0.15, 0.2) is 5.78 Å². The van der Waals surface area contributed by atoms with Crippen molar-refractivity contribution < 1.29 is 14.7 Å². The van der Waals surface area contributed by atoms with E-state index in [0.29, 0.717) is 29.7 Å². The summed E-state index contributed by atoms with van der Waals surface area (Å²) in [4.78, 5) is 27.1. The van der Waals surface area contributed by atoms with E-state index in [2.05, 4.69) is 57.5 Å². The topological polar surface area (TPSA) is 69.6 Å². The molecule has 3 saturated carbocycles. The number of hydrogen-bond acceptors (Lipinski definition) is 4. The quantitative estimate of drug-likeness (QED) is 0.0588. The van der Waals surface area contributed by atoms with Crippen molar-refractivity contribution >= 4 is 11.7 Å². The highest BCUT2D eigenvalue weighted by molar-refractivity contribution is 5.88. The molecule has 53 heavy (non-hydrogen) atoms. The standard InChI is InChI=1S/C46H80N2O3.C2H6/c1-7-39(50)20-11-8-9-13-30-48(32-15-16-33-49)31-14-10-12-21-44(51)47-38-26-28-45(5)37(34-38)22-23-40-42-25-24-41(36(4)19-17-18-35(2)3)46(42,6)29-27-43(40)45;1-2/h7,22,35-36,38,40-43,49H,1,8-21,23-34H2,2-6H3,(H,47,51);1-2H3. The van der Waals surface area contributed by atoms with E-state index in [1.165, 1.54) is 63.9 Å². The summed E-state index contributed by atoms with van der Waals surface area (Å²) in [5, 5.41) is 12.7. The average molecular weight is 739 g/mol. The molecule has 0 bridgehead atoms. The van der Waals surface area contributed by atoms with Crippen molar-refractivity contribution in [2.24, 2.45) is 46.3 Å². The number of aliphatic hydroxyl groups is 1. The van der Waals surface area contributed by atoms with E-state index in [0.717, 1.165) is 126 Å². The van der Waals surface area contributed by atoms with Crippen LogP contribution in [-0.2, 0) is 9.59 Å². The number of carbonyl (C=O) groups is 2. The molecule has 0 aromatic rings. The van der Waals surface area contributed by atoms with Crippen LogP contribution in [0.3, 0.4) is 0 Å². The Morgan fingerprint density at radius 1 is 0.849 bits per heavy atom. The molecule has 0 saturated heterocycles. The van der Waals surface area contributed by atoms with Crippen LogP contribution < -0.4 is 5.32 Å². The summed E-state index contributed by atoms with van der Waals surface area (Å²) in [5.74, 6) is 5.60. The first-order valence-electron chi connectivity index (χ1n) is 23.0. The number of fused-ring (bicyclic) bond motifs is 5. The van der Waals surface area contributed by atoms with Crippen molar-refractivity contribution in [3.05, 3.63) is 24.3 Å². The summed E-state index contributed by atoms with van der Waals surface area (Å²) in [6.07, 6.45) is 29.4. The minimum Gasteiger partial charge on any atom is -0.396 e. The Morgan fingerprint density at radius 3 is 2.19 bits per heavy atom. The lowest BCUT2D eigenvalue weighted by Crippen LogP contribution is -2.52. The van der Waals surface area contributed by atoms with Crippen LogP contribution in [0, 0.1) is 46.3 Å². The molecule has 5 heteroatoms. The smallest absolute Gasteiger partial charge is 0.220 e. The van der Waals surface area contributed by atoms with Crippen LogP contribution >= 0.6 is 0 Å². The van der Waals surface area contributed by atoms with Gasteiger partial charge in [-0.15, -0.1) is 0 Å². The van der Waals surface area contributed by atoms with Gasteiger partial charge in [-0.2, -0.15) is 0 Å². The summed E-state index contributed by atoms with van der Waals surface area (Å²) in [6, 6.07) is 0.307. The minimum atomic E-state index is 0.150. The predicted molar refractivity (Wildman–Crippen MR) is 226 cm³/mol. The maximum absolute atomic E-state index is 13.1. The number of amides is 1. The van der Waals surface area contributed by atoms with Gasteiger partial charge in [0.1, 0.15) is 0 Å². The summed E-state index contributed by atoms with van der Waals surface area (Å²) in [6.45, 7) is 23.6. The molecule has 0 spiro atoms. The third kappa shape index (κ3) is 13.3. The number of allylic oxidation sites excluding steroid dienone is 2. The summed E-state index contributed by atoms with van der Waals surface area (Å²) < 4.78 is 0. The van der Waals surface area contributed by atoms with E-state index in [-0.39, 0.29) is 18.3 Å². The van der Waals surface area contributed by atoms with Crippen LogP contribution in [0.15, 0.2) is 24.3 Å². The molecule has 0 aliphatic heterocycles. The number of aliphatic hydroxyl groups excluding tert-OH is 1. The molecule has 0 aromatic heterocycles. The Kier molecular flexibility index (Phi) is 20.4. The minimum absolute atomic E-state index is 0.150. The van der Waals surface area contributed by atoms with Crippen molar-refractivity contribution in [1.29, 1.82) is 0 Å². The predicted octanol–water partition coefficient (Wildman–Crippen LogP) is 11.9. The van der Waals surface area contributed by atoms with Crippen molar-refractivity contribution in [1.82, 2.24) is 10.2 Å². The second-order valence-electron chi connectivity index (χ2n) is 18.7. The molecule has 306 valence electrons. The third-order valence-electron chi connectivity index (χ3n) is 14.8. The van der Waals surface area contributed by atoms with Gasteiger partial charge in [0.05, 0.1) is 0 Å². The zero-order valence-electron chi connectivity index (χ0n) is 36.0. The zero-order valence-corrected chi connectivity index (χ0v) is 36.0. The van der Waals surface area contributed by atoms with Gasteiger partial charge in [-0.25, -0.2) is 0 Å². The number of hydrogen-bond donors (Lipinski definition) is 2. The van der Waals surface area contributed by atoms with Gasteiger partial charge >= 0.3 is 0 Å². The highest BCUT2D eigenvalue weighted by Gasteiger charge is 2.59. The number of nitrogens with one attached hydrogen (secondary N) is 1. The van der Waals surface area contributed by atoms with Crippen LogP contribution in [0.4, 0.5) is 0 Å². The normalized spacial score (nSPS) is 29.7. The van der Waals surface area contributed by atoms with Gasteiger partial charge in [-0.1, -0.05) is 105 Å². The molecular formula is C48H86N2O3. The third-order valence-corrected chi connectivity index (χ3v) is 14.8. The van der Waals surface area contributed by atoms with Crippen molar-refractivity contribution in [3.63, 3.8) is 0 Å². The number of ketones is 1. The highest BCUT2D eigenvalue weighted by Crippen LogP contribution is 2.67. The molecule has 8 unspecified atom stereocenters. The van der Waals surface area contributed by atoms with Gasteiger partial charge in [0, 0.05) is 25.5 Å². The SMILES string of the molecule is C=CC(=O)CCCCCCN(CCCCO)CCCCCC(=O)NC1CCC2(C)C(=CCC3C2CCC2(C)C(C(C)CCCC(C)C)CCC32)C1.CC. The molecule has 0 aromatic carbocycles. The van der Waals surface area contributed by atoms with Gasteiger partial charge in [0.25, 0.3) is 0 Å². The lowest BCUT2D eigenvalue weighted by molar-refractivity contribution is -0.122. The number of carbonyl (C=O) groups excluding carboxylic acids is 2. The van der Waals surface area contributed by atoms with Crippen LogP contribution in [0.2, 0.25) is 0 Å². The molecule has 4 rings (SSSR count). The molecule has 3 fully saturated rings. The van der Waals surface area contributed by atoms with Crippen molar-refractivity contribution in [2.45, 2.75) is 196 Å². The van der Waals surface area contributed by atoms with Gasteiger partial charge in [-0.05, 0) is 162 Å². The van der Waals surface area contributed by atoms with E-state index >= 15 is 0 Å². The first-order valence-corrected chi connectivity index (χ1v) is 23.0. The molecule has 0 radical (unpaired) electrons. The summed E-state index contributed by atoms with van der Waals surface area (Å²) in [7, 11) is 0. The molecule has 4 aliphatic rings. The Balaban J connectivity index is 0.00000372. The zero-order chi connectivity index (χ0) is 38.9. The fraction of sp³-hybridized carbons (Fsp3) is 0.875. The second kappa shape index (κ2) is 23.6. The fourth-order valence-corrected chi connectivity index (χ4v) is 11.8. The average Bonchev–Trinajstić information content (AvgIpc) is 3.50. The van der Waals surface area contributed by atoms with Gasteiger partial charge in [-0.3, -0.25) is 9.59 Å². The summed E-state index contributed by atoms with van der Waals surface area (Å²) in [5.41, 5.74) is 2.55. The second-order valence-corrected chi connectivity index (χ2v) is 18.7. The Hall–Kier alpha value is -1.46. The largest absolute Gasteiger partial charge is 0.396 e. The molecule has 5 nitrogen and oxygen atoms in total. The van der Waals surface area contributed by atoms with Crippen LogP contribution in [0.25, 0.3) is 0 Å². The Labute approximate surface area is 328 Å². The van der Waals surface area contributed by atoms with E-state index < -0.39 is 0 Å². The van der Waals surface area contributed by atoms with Crippen LogP contribution in [-0.4, -0.2) is 54.0 Å². The maximum atomic E-state index is 13.1. The number of unbranched alkanes of at least 4 members (excludes halogenated alkanes) is 6. The van der Waals surface area contributed by atoms with E-state index in [1.54, 1.807) is 5.57 Å². The number of nitrogens with zero attached hydrogens (tertiary/aromatic N) is 1. The van der Waals surface area contributed by atoms with Crippen molar-refractivity contribution in [2.75, 3.05) is 26.2 Å². The molecule has 2 N–H and O–H groups in total. The first-order chi connectivity index (χ1) is 25.5. The fourth-order valence-electron chi connectivity index (χ4n) is 11.8. The molecule has 1 amide bonds. The molecule has 8 atom stereocenters. The Morgan fingerprint density at radius 2 is 1.51 bits per heavy atom. The van der Waals surface area contributed by atoms with Gasteiger partial charge < -0.3 is 15.3 Å². The van der Waals surface area contributed by atoms with Crippen LogP contribution in [0.5, 0.6) is 0 Å². The van der Waals surface area contributed by atoms with E-state index in [4.69, 9.17) is 0 Å².